The Labute approximate surface area is 219 Å². The highest BCUT2D eigenvalue weighted by Gasteiger charge is 2.66. The summed E-state index contributed by atoms with van der Waals surface area (Å²) in [7, 11) is 0. The molecule has 3 unspecified atom stereocenters. The molecule has 3 aliphatic rings. The Balaban J connectivity index is 1.81. The molecule has 218 valence electrons. The van der Waals surface area contributed by atoms with E-state index in [0.29, 0.717) is 26.2 Å². The van der Waals surface area contributed by atoms with Gasteiger partial charge in [0.2, 0.25) is 0 Å². The number of alkyl halides is 9. The number of rotatable bonds is 8. The van der Waals surface area contributed by atoms with Crippen molar-refractivity contribution in [3.05, 3.63) is 0 Å². The van der Waals surface area contributed by atoms with Crippen molar-refractivity contribution in [1.82, 2.24) is 0 Å². The first-order chi connectivity index (χ1) is 17.1. The molecule has 1 spiro atoms. The van der Waals surface area contributed by atoms with E-state index in [1.54, 1.807) is 0 Å². The lowest BCUT2D eigenvalue weighted by Gasteiger charge is -2.49. The van der Waals surface area contributed by atoms with E-state index in [4.69, 9.17) is 4.74 Å². The van der Waals surface area contributed by atoms with Gasteiger partial charge >= 0.3 is 41.9 Å². The minimum absolute atomic E-state index is 0.150. The average molecular weight is 607 g/mol. The first kappa shape index (κ1) is 31.0. The van der Waals surface area contributed by atoms with E-state index < -0.39 is 70.7 Å². The van der Waals surface area contributed by atoms with Crippen LogP contribution in [0.3, 0.4) is 0 Å². The number of esters is 3. The predicted molar refractivity (Wildman–Crippen MR) is 115 cm³/mol. The lowest BCUT2D eigenvalue weighted by Crippen LogP contribution is -2.54. The molecule has 0 aromatic carbocycles. The van der Waals surface area contributed by atoms with Crippen molar-refractivity contribution in [3.63, 3.8) is 0 Å². The molecule has 3 atom stereocenters. The fraction of sp³-hybridized carbons (Fsp3) is 0.857. The first-order valence-electron chi connectivity index (χ1n) is 11.2. The number of thioether (sulfide) groups is 2. The third-order valence-electron chi connectivity index (χ3n) is 6.66. The summed E-state index contributed by atoms with van der Waals surface area (Å²) in [6.07, 6.45) is -5.51. The quantitative estimate of drug-likeness (QED) is 0.215. The number of ether oxygens (including phenoxy) is 3. The number of fused-ring (bicyclic) bond motifs is 3. The fourth-order valence-corrected chi connectivity index (χ4v) is 8.73. The van der Waals surface area contributed by atoms with E-state index >= 15 is 0 Å². The predicted octanol–water partition coefficient (Wildman–Crippen LogP) is 5.09. The average Bonchev–Trinajstić information content (AvgIpc) is 3.37. The molecule has 2 aliphatic carbocycles. The second-order valence-corrected chi connectivity index (χ2v) is 12.7. The molecule has 2 bridgehead atoms. The largest absolute Gasteiger partial charge is 0.465 e. The molecular formula is C21H23F9O6S2. The van der Waals surface area contributed by atoms with Gasteiger partial charge in [0, 0.05) is 25.4 Å². The minimum Gasteiger partial charge on any atom is -0.460 e. The second-order valence-electron chi connectivity index (χ2n) is 9.90. The highest BCUT2D eigenvalue weighted by molar-refractivity contribution is 8.19. The van der Waals surface area contributed by atoms with Crippen LogP contribution in [0.2, 0.25) is 0 Å². The molecule has 2 saturated carbocycles. The van der Waals surface area contributed by atoms with E-state index in [1.807, 2.05) is 0 Å². The van der Waals surface area contributed by atoms with Gasteiger partial charge in [-0.15, -0.1) is 23.5 Å². The van der Waals surface area contributed by atoms with Gasteiger partial charge in [-0.25, -0.2) is 14.4 Å². The maximum atomic E-state index is 13.5. The lowest BCUT2D eigenvalue weighted by atomic mass is 9.94. The van der Waals surface area contributed by atoms with Crippen molar-refractivity contribution in [2.24, 2.45) is 17.3 Å². The monoisotopic (exact) mass is 606 g/mol. The van der Waals surface area contributed by atoms with Gasteiger partial charge in [-0.3, -0.25) is 0 Å². The SMILES string of the molecule is CC(F)(F)C(=O)OCC1(COC(=O)C(F)(F)C(F)(F)F)CSC2(SC1)C1CCC(C1)C2OC(=O)C(C)(F)F. The highest BCUT2D eigenvalue weighted by atomic mass is 32.2. The molecule has 3 rings (SSSR count). The van der Waals surface area contributed by atoms with Crippen molar-refractivity contribution in [1.29, 1.82) is 0 Å². The van der Waals surface area contributed by atoms with Crippen LogP contribution in [0.1, 0.15) is 33.1 Å². The van der Waals surface area contributed by atoms with Gasteiger partial charge in [-0.1, -0.05) is 0 Å². The van der Waals surface area contributed by atoms with E-state index in [9.17, 15) is 53.9 Å². The molecule has 1 saturated heterocycles. The van der Waals surface area contributed by atoms with Crippen LogP contribution in [-0.2, 0) is 28.6 Å². The van der Waals surface area contributed by atoms with Crippen molar-refractivity contribution >= 4 is 41.4 Å². The van der Waals surface area contributed by atoms with E-state index in [-0.39, 0.29) is 30.3 Å². The number of carbonyl (C=O) groups is 3. The van der Waals surface area contributed by atoms with Crippen LogP contribution < -0.4 is 0 Å². The van der Waals surface area contributed by atoms with E-state index in [0.717, 1.165) is 23.5 Å². The molecule has 6 nitrogen and oxygen atoms in total. The Morgan fingerprint density at radius 1 is 0.789 bits per heavy atom. The van der Waals surface area contributed by atoms with Crippen LogP contribution in [0.4, 0.5) is 39.5 Å². The zero-order valence-electron chi connectivity index (χ0n) is 19.8. The molecule has 1 aliphatic heterocycles. The van der Waals surface area contributed by atoms with Crippen LogP contribution >= 0.6 is 23.5 Å². The van der Waals surface area contributed by atoms with E-state index in [2.05, 4.69) is 9.47 Å². The van der Waals surface area contributed by atoms with Crippen LogP contribution in [-0.4, -0.2) is 76.8 Å². The van der Waals surface area contributed by atoms with Gasteiger partial charge < -0.3 is 14.2 Å². The van der Waals surface area contributed by atoms with Gasteiger partial charge in [-0.05, 0) is 31.1 Å². The van der Waals surface area contributed by atoms with Gasteiger partial charge in [-0.2, -0.15) is 39.5 Å². The molecule has 0 aromatic rings. The van der Waals surface area contributed by atoms with Crippen molar-refractivity contribution in [2.45, 2.75) is 67.2 Å². The normalized spacial score (nSPS) is 31.8. The summed E-state index contributed by atoms with van der Waals surface area (Å²) in [4.78, 5) is 35.1. The third-order valence-corrected chi connectivity index (χ3v) is 10.9. The highest BCUT2D eigenvalue weighted by Crippen LogP contribution is 2.66. The molecule has 17 heteroatoms. The van der Waals surface area contributed by atoms with Crippen LogP contribution in [0.15, 0.2) is 0 Å². The zero-order chi connectivity index (χ0) is 28.9. The molecule has 0 amide bonds. The summed E-state index contributed by atoms with van der Waals surface area (Å²) in [5.41, 5.74) is -1.69. The topological polar surface area (TPSA) is 78.9 Å². The maximum absolute atomic E-state index is 13.5. The van der Waals surface area contributed by atoms with Gasteiger partial charge in [0.25, 0.3) is 0 Å². The Bertz CT molecular complexity index is 939. The summed E-state index contributed by atoms with van der Waals surface area (Å²) in [5.74, 6) is -21.3. The lowest BCUT2D eigenvalue weighted by molar-refractivity contribution is -0.281. The molecule has 0 radical (unpaired) electrons. The Morgan fingerprint density at radius 3 is 1.76 bits per heavy atom. The van der Waals surface area contributed by atoms with Crippen LogP contribution in [0, 0.1) is 17.3 Å². The standard InChI is InChI=1S/C21H23F9O6S2/c1-16(22,23)13(31)34-6-18(7-35-15(33)20(26,27)21(28,29)30)8-37-19(38-9-18)11-4-3-10(5-11)12(19)36-14(32)17(2,24)25/h10-12H,3-9H2,1-2H3. The Morgan fingerprint density at radius 2 is 1.29 bits per heavy atom. The second kappa shape index (κ2) is 10.1. The third kappa shape index (κ3) is 5.97. The summed E-state index contributed by atoms with van der Waals surface area (Å²) in [6, 6.07) is 0. The van der Waals surface area contributed by atoms with Gasteiger partial charge in [0.05, 0.1) is 5.41 Å². The first-order valence-corrected chi connectivity index (χ1v) is 13.2. The molecule has 0 aromatic heterocycles. The van der Waals surface area contributed by atoms with E-state index in [1.165, 1.54) is 0 Å². The minimum atomic E-state index is -6.25. The van der Waals surface area contributed by atoms with Gasteiger partial charge in [0.1, 0.15) is 23.4 Å². The fourth-order valence-electron chi connectivity index (χ4n) is 4.61. The Hall–Kier alpha value is -1.52. The smallest absolute Gasteiger partial charge is 0.460 e. The van der Waals surface area contributed by atoms with Gasteiger partial charge in [0.15, 0.2) is 0 Å². The molecule has 1 heterocycles. The number of hydrogen-bond acceptors (Lipinski definition) is 8. The van der Waals surface area contributed by atoms with Crippen molar-refractivity contribution in [2.75, 3.05) is 24.7 Å². The number of halogens is 9. The van der Waals surface area contributed by atoms with Crippen molar-refractivity contribution < 1.29 is 68.1 Å². The Kier molecular flexibility index (Phi) is 8.28. The van der Waals surface area contributed by atoms with Crippen LogP contribution in [0.25, 0.3) is 0 Å². The van der Waals surface area contributed by atoms with Crippen LogP contribution in [0.5, 0.6) is 0 Å². The summed E-state index contributed by atoms with van der Waals surface area (Å²) in [5, 5.41) is 0. The molecular weight excluding hydrogens is 583 g/mol. The number of hydrogen-bond donors (Lipinski definition) is 0. The molecule has 3 fully saturated rings. The maximum Gasteiger partial charge on any atom is 0.465 e. The summed E-state index contributed by atoms with van der Waals surface area (Å²) >= 11 is 1.98. The molecule has 38 heavy (non-hydrogen) atoms. The summed E-state index contributed by atoms with van der Waals surface area (Å²) < 4.78 is 131. The van der Waals surface area contributed by atoms with Crippen molar-refractivity contribution in [3.8, 4) is 0 Å². The zero-order valence-corrected chi connectivity index (χ0v) is 21.5. The summed E-state index contributed by atoms with van der Waals surface area (Å²) in [6.45, 7) is -1.49. The molecule has 0 N–H and O–H groups in total. The number of carbonyl (C=O) groups excluding carboxylic acids is 3.